The number of β-lactam (4-membered cyclic amide) rings is 1. The number of oxime groups is 1. The Hall–Kier alpha value is -4.04. The van der Waals surface area contributed by atoms with Crippen molar-refractivity contribution in [3.63, 3.8) is 0 Å². The van der Waals surface area contributed by atoms with Crippen molar-refractivity contribution in [2.24, 2.45) is 21.6 Å². The second kappa shape index (κ2) is 10.4. The fourth-order valence-electron chi connectivity index (χ4n) is 3.58. The Bertz CT molecular complexity index is 1320. The molecular formula is C18H25N9O9S2. The van der Waals surface area contributed by atoms with E-state index in [1.807, 2.05) is 0 Å². The Balaban J connectivity index is 1.86. The number of aliphatic carboxylic acids is 1. The smallest absolute Gasteiger partial charge is 0.362 e. The van der Waals surface area contributed by atoms with Crippen LogP contribution < -0.4 is 22.5 Å². The van der Waals surface area contributed by atoms with E-state index in [1.165, 1.54) is 24.1 Å². The van der Waals surface area contributed by atoms with Crippen LogP contribution in [0.3, 0.4) is 0 Å². The first kappa shape index (κ1) is 28.5. The van der Waals surface area contributed by atoms with Crippen LogP contribution in [-0.2, 0) is 34.3 Å². The molecule has 0 aliphatic carbocycles. The molecule has 1 unspecified atom stereocenters. The first-order valence-electron chi connectivity index (χ1n) is 10.7. The number of anilines is 1. The van der Waals surface area contributed by atoms with Crippen molar-refractivity contribution >= 4 is 62.1 Å². The Morgan fingerprint density at radius 3 is 2.50 bits per heavy atom. The van der Waals surface area contributed by atoms with E-state index in [9.17, 15) is 37.3 Å². The number of nitrogens with one attached hydrogen (secondary N) is 1. The number of nitrogens with zero attached hydrogens (tertiary/aromatic N) is 5. The number of hydrogen-bond donors (Lipinski definition) is 6. The van der Waals surface area contributed by atoms with Gasteiger partial charge >= 0.3 is 16.3 Å². The number of carboxylic acid groups (broad SMARTS) is 1. The molecule has 9 N–H and O–H groups in total. The highest BCUT2D eigenvalue weighted by molar-refractivity contribution is 7.84. The fourth-order valence-corrected chi connectivity index (χ4v) is 5.00. The minimum Gasteiger partial charge on any atom is -0.478 e. The van der Waals surface area contributed by atoms with Crippen LogP contribution in [0.25, 0.3) is 0 Å². The molecule has 2 aliphatic rings. The number of hydrogen-bond acceptors (Lipinski definition) is 12. The van der Waals surface area contributed by atoms with Crippen LogP contribution in [0.2, 0.25) is 0 Å². The molecule has 20 heteroatoms. The van der Waals surface area contributed by atoms with Crippen molar-refractivity contribution in [2.45, 2.75) is 44.0 Å². The van der Waals surface area contributed by atoms with Crippen molar-refractivity contribution < 1.29 is 42.1 Å². The summed E-state index contributed by atoms with van der Waals surface area (Å²) < 4.78 is 33.3. The van der Waals surface area contributed by atoms with Crippen LogP contribution in [0.5, 0.6) is 0 Å². The molecule has 0 spiro atoms. The van der Waals surface area contributed by atoms with Crippen LogP contribution in [0.4, 0.5) is 5.13 Å². The molecule has 3 heterocycles. The number of carbonyl (C=O) groups is 4. The number of rotatable bonds is 10. The largest absolute Gasteiger partial charge is 0.478 e. The van der Waals surface area contributed by atoms with Gasteiger partial charge in [-0.25, -0.2) is 19.1 Å². The summed E-state index contributed by atoms with van der Waals surface area (Å²) in [6, 6.07) is -3.85. The van der Waals surface area contributed by atoms with Gasteiger partial charge in [-0.1, -0.05) is 5.16 Å². The van der Waals surface area contributed by atoms with Gasteiger partial charge < -0.3 is 37.4 Å². The molecule has 3 atom stereocenters. The molecule has 0 bridgehead atoms. The second-order valence-electron chi connectivity index (χ2n) is 8.69. The SMILES string of the molecule is CC(C)(O/N=C(\C(=O)NC1C(=O)N(S(=O)(=O)O)[C@H]1CN1CC[C@H](N=C(N)N)C1=O)c1csc(N)n1)C(=O)O. The summed E-state index contributed by atoms with van der Waals surface area (Å²) in [5.41, 5.74) is 13.7. The van der Waals surface area contributed by atoms with E-state index < -0.39 is 70.0 Å². The standard InChI is InChI=1S/C18H25N9O9S2/c1-18(2,15(31)32)36-25-10(8-6-37-17(21)23-8)12(28)24-11-9(27(14(11)30)38(33,34)35)5-26-4-3-7(13(26)29)22-16(19)20/h6-7,9,11H,3-5H2,1-2H3,(H2,21,23)(H,24,28)(H,31,32)(H4,19,20,22)(H,33,34,35)/b25-10-/t7-,9-,11?/m0/s1. The number of carboxylic acids is 1. The summed E-state index contributed by atoms with van der Waals surface area (Å²) in [6.45, 7) is 2.04. The number of likely N-dealkylation sites (tertiary alicyclic amines) is 1. The van der Waals surface area contributed by atoms with Gasteiger partial charge in [0.15, 0.2) is 16.8 Å². The van der Waals surface area contributed by atoms with Gasteiger partial charge in [0.2, 0.25) is 11.5 Å². The molecule has 3 amide bonds. The number of nitrogen functional groups attached to an aromatic ring is 1. The minimum absolute atomic E-state index is 0.0380. The summed E-state index contributed by atoms with van der Waals surface area (Å²) in [4.78, 5) is 63.6. The zero-order valence-corrected chi connectivity index (χ0v) is 21.6. The zero-order chi connectivity index (χ0) is 28.6. The lowest BCUT2D eigenvalue weighted by Gasteiger charge is -2.45. The number of thiazole rings is 1. The van der Waals surface area contributed by atoms with Crippen molar-refractivity contribution in [3.8, 4) is 0 Å². The summed E-state index contributed by atoms with van der Waals surface area (Å²) >= 11 is 0.933. The lowest BCUT2D eigenvalue weighted by Crippen LogP contribution is -2.74. The summed E-state index contributed by atoms with van der Waals surface area (Å²) in [5.74, 6) is -4.56. The van der Waals surface area contributed by atoms with Gasteiger partial charge in [-0.3, -0.25) is 18.9 Å². The predicted octanol–water partition coefficient (Wildman–Crippen LogP) is -3.32. The van der Waals surface area contributed by atoms with E-state index in [-0.39, 0.29) is 34.1 Å². The number of nitrogens with two attached hydrogens (primary N) is 3. The van der Waals surface area contributed by atoms with E-state index in [4.69, 9.17) is 22.0 Å². The van der Waals surface area contributed by atoms with Crippen molar-refractivity contribution in [1.29, 1.82) is 0 Å². The van der Waals surface area contributed by atoms with E-state index >= 15 is 0 Å². The van der Waals surface area contributed by atoms with Gasteiger partial charge in [0, 0.05) is 18.5 Å². The highest BCUT2D eigenvalue weighted by atomic mass is 32.2. The lowest BCUT2D eigenvalue weighted by molar-refractivity contribution is -0.161. The van der Waals surface area contributed by atoms with E-state index in [0.29, 0.717) is 0 Å². The van der Waals surface area contributed by atoms with Crippen LogP contribution in [-0.4, -0.2) is 104 Å². The second-order valence-corrected chi connectivity index (χ2v) is 10.9. The van der Waals surface area contributed by atoms with Crippen molar-refractivity contribution in [2.75, 3.05) is 18.8 Å². The molecule has 3 rings (SSSR count). The predicted molar refractivity (Wildman–Crippen MR) is 131 cm³/mol. The van der Waals surface area contributed by atoms with Gasteiger partial charge in [0.05, 0.1) is 6.04 Å². The molecular weight excluding hydrogens is 550 g/mol. The monoisotopic (exact) mass is 575 g/mol. The molecule has 18 nitrogen and oxygen atoms in total. The number of aliphatic imine (C=N–C) groups is 1. The first-order valence-corrected chi connectivity index (χ1v) is 13.0. The third-order valence-electron chi connectivity index (χ3n) is 5.55. The first-order chi connectivity index (χ1) is 17.5. The van der Waals surface area contributed by atoms with Crippen LogP contribution in [0.15, 0.2) is 15.5 Å². The maximum atomic E-state index is 13.1. The molecule has 208 valence electrons. The number of carbonyl (C=O) groups excluding carboxylic acids is 3. The van der Waals surface area contributed by atoms with Gasteiger partial charge in [-0.05, 0) is 20.3 Å². The molecule has 38 heavy (non-hydrogen) atoms. The highest BCUT2D eigenvalue weighted by Crippen LogP contribution is 2.27. The maximum absolute atomic E-state index is 13.1. The van der Waals surface area contributed by atoms with E-state index in [0.717, 1.165) is 11.3 Å². The van der Waals surface area contributed by atoms with Crippen LogP contribution in [0.1, 0.15) is 26.0 Å². The van der Waals surface area contributed by atoms with Crippen molar-refractivity contribution in [3.05, 3.63) is 11.1 Å². The highest BCUT2D eigenvalue weighted by Gasteiger charge is 2.55. The van der Waals surface area contributed by atoms with E-state index in [2.05, 4.69) is 20.4 Å². The average Bonchev–Trinajstić information content (AvgIpc) is 3.36. The molecule has 2 fully saturated rings. The average molecular weight is 576 g/mol. The van der Waals surface area contributed by atoms with Gasteiger partial charge in [-0.15, -0.1) is 11.3 Å². The van der Waals surface area contributed by atoms with Crippen LogP contribution in [0, 0.1) is 0 Å². The van der Waals surface area contributed by atoms with Crippen LogP contribution >= 0.6 is 11.3 Å². The number of guanidine groups is 1. The Kier molecular flexibility index (Phi) is 7.79. The quantitative estimate of drug-likeness (QED) is 0.0524. The Labute approximate surface area is 219 Å². The van der Waals surface area contributed by atoms with Gasteiger partial charge in [0.25, 0.3) is 11.8 Å². The summed E-state index contributed by atoms with van der Waals surface area (Å²) in [5, 5.41) is 16.5. The molecule has 1 aromatic heterocycles. The van der Waals surface area contributed by atoms with Gasteiger partial charge in [-0.2, -0.15) is 8.42 Å². The topological polar surface area (TPSA) is 286 Å². The lowest BCUT2D eigenvalue weighted by atomic mass is 9.97. The maximum Gasteiger partial charge on any atom is 0.362 e. The Morgan fingerprint density at radius 1 is 1.32 bits per heavy atom. The van der Waals surface area contributed by atoms with Gasteiger partial charge in [0.1, 0.15) is 17.8 Å². The molecule has 2 saturated heterocycles. The third-order valence-corrected chi connectivity index (χ3v) is 7.17. The molecule has 0 radical (unpaired) electrons. The molecule has 0 saturated carbocycles. The number of amides is 3. The number of aromatic nitrogens is 1. The Morgan fingerprint density at radius 2 is 1.97 bits per heavy atom. The normalized spacial score (nSPS) is 22.2. The summed E-state index contributed by atoms with van der Waals surface area (Å²) in [7, 11) is -5.05. The fraction of sp³-hybridized carbons (Fsp3) is 0.500. The zero-order valence-electron chi connectivity index (χ0n) is 20.0. The van der Waals surface area contributed by atoms with E-state index in [1.54, 1.807) is 0 Å². The van der Waals surface area contributed by atoms with Crippen molar-refractivity contribution in [1.82, 2.24) is 19.5 Å². The molecule has 1 aromatic rings. The molecule has 0 aromatic carbocycles. The molecule has 2 aliphatic heterocycles. The third kappa shape index (κ3) is 5.92. The minimum atomic E-state index is -5.05. The summed E-state index contributed by atoms with van der Waals surface area (Å²) in [6.07, 6.45) is 0.207.